The minimum atomic E-state index is -0.427. The molecule has 1 N–H and O–H groups in total. The van der Waals surface area contributed by atoms with Gasteiger partial charge in [-0.05, 0) is 55.9 Å². The summed E-state index contributed by atoms with van der Waals surface area (Å²) in [6, 6.07) is 5.79. The van der Waals surface area contributed by atoms with Crippen molar-refractivity contribution in [3.05, 3.63) is 39.0 Å². The van der Waals surface area contributed by atoms with Crippen molar-refractivity contribution >= 4 is 67.4 Å². The maximum Gasteiger partial charge on any atom is 0.341 e. The number of carbonyl (C=O) groups excluding carboxylic acids is 3. The van der Waals surface area contributed by atoms with Gasteiger partial charge in [0.25, 0.3) is 5.91 Å². The van der Waals surface area contributed by atoms with Crippen LogP contribution in [0.25, 0.3) is 10.2 Å². The number of amides is 2. The summed E-state index contributed by atoms with van der Waals surface area (Å²) in [5, 5.41) is 3.40. The van der Waals surface area contributed by atoms with Crippen LogP contribution in [0.4, 0.5) is 5.00 Å². The minimum absolute atomic E-state index is 0.0776. The molecule has 0 saturated heterocycles. The van der Waals surface area contributed by atoms with Gasteiger partial charge in [0, 0.05) is 11.9 Å². The smallest absolute Gasteiger partial charge is 0.341 e. The number of nitrogens with one attached hydrogen (secondary N) is 1. The van der Waals surface area contributed by atoms with E-state index < -0.39 is 5.97 Å². The van der Waals surface area contributed by atoms with E-state index in [1.807, 2.05) is 36.7 Å². The number of rotatable bonds is 8. The molecule has 192 valence electrons. The van der Waals surface area contributed by atoms with Crippen molar-refractivity contribution in [2.24, 2.45) is 18.0 Å². The van der Waals surface area contributed by atoms with Gasteiger partial charge >= 0.3 is 5.97 Å². The summed E-state index contributed by atoms with van der Waals surface area (Å²) >= 11 is 4.06. The number of esters is 1. The molecule has 36 heavy (non-hydrogen) atoms. The predicted molar refractivity (Wildman–Crippen MR) is 145 cm³/mol. The summed E-state index contributed by atoms with van der Waals surface area (Å²) in [6.07, 6.45) is 2.71. The molecule has 0 aliphatic heterocycles. The van der Waals surface area contributed by atoms with Gasteiger partial charge in [-0.25, -0.2) is 4.79 Å². The quantitative estimate of drug-likeness (QED) is 0.420. The third-order valence-electron chi connectivity index (χ3n) is 5.92. The van der Waals surface area contributed by atoms with E-state index in [-0.39, 0.29) is 23.3 Å². The Bertz CT molecular complexity index is 1370. The Balaban J connectivity index is 1.38. The number of nitrogens with zero attached hydrogens (tertiary/aromatic N) is 2. The number of thiophene rings is 1. The summed E-state index contributed by atoms with van der Waals surface area (Å²) < 4.78 is 13.4. The molecule has 3 aromatic rings. The molecular weight excluding hydrogens is 518 g/mol. The highest BCUT2D eigenvalue weighted by Crippen LogP contribution is 2.40. The van der Waals surface area contributed by atoms with Gasteiger partial charge in [0.15, 0.2) is 4.80 Å². The maximum absolute atomic E-state index is 12.6. The fourth-order valence-corrected chi connectivity index (χ4v) is 7.24. The first kappa shape index (κ1) is 26.4. The lowest BCUT2D eigenvalue weighted by atomic mass is 9.88. The van der Waals surface area contributed by atoms with Gasteiger partial charge in [0.1, 0.15) is 10.8 Å². The van der Waals surface area contributed by atoms with Gasteiger partial charge in [0.2, 0.25) is 5.91 Å². The maximum atomic E-state index is 12.6. The molecule has 0 fully saturated rings. The third kappa shape index (κ3) is 5.84. The van der Waals surface area contributed by atoms with Gasteiger partial charge in [-0.15, -0.1) is 23.1 Å². The average Bonchev–Trinajstić information content (AvgIpc) is 3.34. The molecule has 0 spiro atoms. The number of hydrogen-bond acceptors (Lipinski definition) is 8. The van der Waals surface area contributed by atoms with Gasteiger partial charge < -0.3 is 19.4 Å². The summed E-state index contributed by atoms with van der Waals surface area (Å²) in [7, 11) is 3.22. The first-order valence-electron chi connectivity index (χ1n) is 11.7. The van der Waals surface area contributed by atoms with Crippen LogP contribution in [0.5, 0.6) is 5.75 Å². The molecule has 11 heteroatoms. The molecule has 8 nitrogen and oxygen atoms in total. The van der Waals surface area contributed by atoms with E-state index in [0.29, 0.717) is 27.9 Å². The topological polar surface area (TPSA) is 99.0 Å². The van der Waals surface area contributed by atoms with Gasteiger partial charge in [0.05, 0.1) is 41.0 Å². The number of fused-ring (bicyclic) bond motifs is 2. The Kier molecular flexibility index (Phi) is 8.53. The Morgan fingerprint density at radius 2 is 2.06 bits per heavy atom. The number of ether oxygens (including phenoxy) is 2. The van der Waals surface area contributed by atoms with Crippen molar-refractivity contribution in [2.45, 2.75) is 33.1 Å². The van der Waals surface area contributed by atoms with Crippen molar-refractivity contribution in [1.29, 1.82) is 0 Å². The number of thioether (sulfide) groups is 1. The van der Waals surface area contributed by atoms with Crippen LogP contribution < -0.4 is 14.9 Å². The first-order chi connectivity index (χ1) is 17.3. The number of carbonyl (C=O) groups is 3. The van der Waals surface area contributed by atoms with Crippen LogP contribution in [0.15, 0.2) is 23.2 Å². The highest BCUT2D eigenvalue weighted by molar-refractivity contribution is 8.00. The van der Waals surface area contributed by atoms with Gasteiger partial charge in [-0.2, -0.15) is 4.99 Å². The number of hydrogen-bond donors (Lipinski definition) is 1. The van der Waals surface area contributed by atoms with Crippen LogP contribution in [0, 0.1) is 5.92 Å². The number of benzene rings is 1. The molecule has 0 saturated carbocycles. The van der Waals surface area contributed by atoms with Gasteiger partial charge in [-0.1, -0.05) is 18.3 Å². The number of aryl methyl sites for hydroxylation is 1. The van der Waals surface area contributed by atoms with Crippen LogP contribution in [0.1, 0.15) is 41.1 Å². The van der Waals surface area contributed by atoms with Crippen molar-refractivity contribution in [1.82, 2.24) is 4.57 Å². The highest BCUT2D eigenvalue weighted by atomic mass is 32.2. The van der Waals surface area contributed by atoms with Crippen LogP contribution in [-0.2, 0) is 34.2 Å². The molecule has 1 unspecified atom stereocenters. The average molecular weight is 548 g/mol. The molecule has 1 aromatic carbocycles. The van der Waals surface area contributed by atoms with E-state index in [0.717, 1.165) is 45.7 Å². The van der Waals surface area contributed by atoms with E-state index in [1.165, 1.54) is 41.5 Å². The van der Waals surface area contributed by atoms with Crippen molar-refractivity contribution in [3.63, 3.8) is 0 Å². The molecular formula is C25H29N3O5S3. The largest absolute Gasteiger partial charge is 0.494 e. The summed E-state index contributed by atoms with van der Waals surface area (Å²) in [5.74, 6) is 0.484. The van der Waals surface area contributed by atoms with Crippen LogP contribution >= 0.6 is 34.4 Å². The van der Waals surface area contributed by atoms with Gasteiger partial charge in [-0.3, -0.25) is 9.59 Å². The van der Waals surface area contributed by atoms with Crippen LogP contribution in [-0.4, -0.2) is 47.6 Å². The second-order valence-electron chi connectivity index (χ2n) is 8.60. The Labute approximate surface area is 221 Å². The Morgan fingerprint density at radius 3 is 2.81 bits per heavy atom. The predicted octanol–water partition coefficient (Wildman–Crippen LogP) is 4.41. The normalized spacial score (nSPS) is 15.6. The molecule has 2 aromatic heterocycles. The molecule has 1 aliphatic rings. The first-order valence-corrected chi connectivity index (χ1v) is 14.5. The molecule has 2 amide bonds. The number of thiazole rings is 1. The molecule has 1 aliphatic carbocycles. The highest BCUT2D eigenvalue weighted by Gasteiger charge is 2.28. The Hall–Kier alpha value is -2.63. The standard InChI is InChI=1S/C25H29N3O5S3/c1-5-33-15-7-9-17-19(11-15)36-25(28(17)3)27-21(30)13-34-12-20(29)26-23-22(24(31)32-4)16-8-6-14(2)10-18(16)35-23/h7,9,11,14H,5-6,8,10,12-13H2,1-4H3,(H,26,29). The molecule has 0 radical (unpaired) electrons. The fraction of sp³-hybridized carbons (Fsp3) is 0.440. The second-order valence-corrected chi connectivity index (χ2v) is 11.7. The SMILES string of the molecule is CCOc1ccc2c(c1)sc(=NC(=O)CSCC(=O)Nc1sc3c(c1C(=O)OC)CCC(C)C3)n2C. The summed E-state index contributed by atoms with van der Waals surface area (Å²) in [4.78, 5) is 43.5. The second kappa shape index (κ2) is 11.6. The number of anilines is 1. The summed E-state index contributed by atoms with van der Waals surface area (Å²) in [6.45, 7) is 4.71. The lowest BCUT2D eigenvalue weighted by Crippen LogP contribution is -2.18. The third-order valence-corrected chi connectivity index (χ3v) is 9.11. The minimum Gasteiger partial charge on any atom is -0.494 e. The van der Waals surface area contributed by atoms with Crippen LogP contribution in [0.3, 0.4) is 0 Å². The molecule has 4 rings (SSSR count). The van der Waals surface area contributed by atoms with E-state index in [4.69, 9.17) is 9.47 Å². The van der Waals surface area contributed by atoms with E-state index in [1.54, 1.807) is 0 Å². The number of aromatic nitrogens is 1. The van der Waals surface area contributed by atoms with E-state index in [2.05, 4.69) is 17.2 Å². The monoisotopic (exact) mass is 547 g/mol. The molecule has 1 atom stereocenters. The Morgan fingerprint density at radius 1 is 1.25 bits per heavy atom. The zero-order chi connectivity index (χ0) is 25.8. The molecule has 2 heterocycles. The fourth-order valence-electron chi connectivity index (χ4n) is 4.17. The lowest BCUT2D eigenvalue weighted by Gasteiger charge is -2.18. The van der Waals surface area contributed by atoms with Crippen molar-refractivity contribution in [3.8, 4) is 5.75 Å². The van der Waals surface area contributed by atoms with E-state index >= 15 is 0 Å². The van der Waals surface area contributed by atoms with E-state index in [9.17, 15) is 14.4 Å². The van der Waals surface area contributed by atoms with Crippen molar-refractivity contribution in [2.75, 3.05) is 30.5 Å². The lowest BCUT2D eigenvalue weighted by molar-refractivity contribution is -0.115. The van der Waals surface area contributed by atoms with Crippen molar-refractivity contribution < 1.29 is 23.9 Å². The molecule has 0 bridgehead atoms. The zero-order valence-corrected chi connectivity index (χ0v) is 23.2. The summed E-state index contributed by atoms with van der Waals surface area (Å²) in [5.41, 5.74) is 2.43. The zero-order valence-electron chi connectivity index (χ0n) is 20.7. The van der Waals surface area contributed by atoms with Crippen LogP contribution in [0.2, 0.25) is 0 Å². The number of methoxy groups -OCH3 is 1.